The molecule has 1 aromatic rings. The van der Waals surface area contributed by atoms with Crippen LogP contribution in [-0.4, -0.2) is 38.0 Å². The van der Waals surface area contributed by atoms with Gasteiger partial charge in [0.05, 0.1) is 6.42 Å². The minimum Gasteiger partial charge on any atom is -0.398 e. The average Bonchev–Trinajstić information content (AvgIpc) is 2.21. The van der Waals surface area contributed by atoms with Crippen molar-refractivity contribution < 1.29 is 4.79 Å². The van der Waals surface area contributed by atoms with Crippen molar-refractivity contribution in [3.63, 3.8) is 0 Å². The van der Waals surface area contributed by atoms with Gasteiger partial charge in [0, 0.05) is 18.8 Å². The van der Waals surface area contributed by atoms with Crippen LogP contribution in [0.2, 0.25) is 0 Å². The second-order valence-electron chi connectivity index (χ2n) is 4.03. The standard InChI is InChI=1S/C12H19N3O/c1-15(2)8-7-14-12(16)9-10-5-3-4-6-11(10)13/h3-6H,7-9,13H2,1-2H3,(H,14,16). The summed E-state index contributed by atoms with van der Waals surface area (Å²) in [6.45, 7) is 1.51. The number of likely N-dealkylation sites (N-methyl/N-ethyl adjacent to an activating group) is 1. The number of hydrogen-bond acceptors (Lipinski definition) is 3. The maximum atomic E-state index is 11.6. The third kappa shape index (κ3) is 4.31. The number of carbonyl (C=O) groups excluding carboxylic acids is 1. The van der Waals surface area contributed by atoms with Crippen molar-refractivity contribution in [2.75, 3.05) is 32.9 Å². The highest BCUT2D eigenvalue weighted by Gasteiger charge is 2.05. The number of carbonyl (C=O) groups is 1. The SMILES string of the molecule is CN(C)CCNC(=O)Cc1ccccc1N. The number of anilines is 1. The Bertz CT molecular complexity index is 350. The molecule has 3 N–H and O–H groups in total. The molecule has 16 heavy (non-hydrogen) atoms. The molecule has 0 radical (unpaired) electrons. The van der Waals surface area contributed by atoms with Crippen molar-refractivity contribution in [1.82, 2.24) is 10.2 Å². The van der Waals surface area contributed by atoms with E-state index in [2.05, 4.69) is 5.32 Å². The topological polar surface area (TPSA) is 58.4 Å². The van der Waals surface area contributed by atoms with Crippen molar-refractivity contribution in [2.24, 2.45) is 0 Å². The van der Waals surface area contributed by atoms with Crippen LogP contribution in [0.4, 0.5) is 5.69 Å². The second-order valence-corrected chi connectivity index (χ2v) is 4.03. The fourth-order valence-corrected chi connectivity index (χ4v) is 1.35. The predicted molar refractivity (Wildman–Crippen MR) is 66.1 cm³/mol. The number of benzene rings is 1. The third-order valence-electron chi connectivity index (χ3n) is 2.29. The van der Waals surface area contributed by atoms with Gasteiger partial charge in [-0.2, -0.15) is 0 Å². The van der Waals surface area contributed by atoms with Crippen LogP contribution in [0.25, 0.3) is 0 Å². The summed E-state index contributed by atoms with van der Waals surface area (Å²) in [7, 11) is 3.95. The molecule has 0 fully saturated rings. The predicted octanol–water partition coefficient (Wildman–Crippen LogP) is 0.489. The number of nitrogen functional groups attached to an aromatic ring is 1. The first-order valence-electron chi connectivity index (χ1n) is 5.34. The molecule has 0 saturated heterocycles. The lowest BCUT2D eigenvalue weighted by Crippen LogP contribution is -2.32. The van der Waals surface area contributed by atoms with Gasteiger partial charge in [-0.3, -0.25) is 4.79 Å². The van der Waals surface area contributed by atoms with E-state index in [1.165, 1.54) is 0 Å². The normalized spacial score (nSPS) is 10.4. The summed E-state index contributed by atoms with van der Waals surface area (Å²) in [6, 6.07) is 7.44. The average molecular weight is 221 g/mol. The molecule has 0 bridgehead atoms. The Morgan fingerprint density at radius 2 is 2.06 bits per heavy atom. The van der Waals surface area contributed by atoms with Gasteiger partial charge in [0.15, 0.2) is 0 Å². The van der Waals surface area contributed by atoms with Gasteiger partial charge in [-0.05, 0) is 25.7 Å². The lowest BCUT2D eigenvalue weighted by Gasteiger charge is -2.10. The highest BCUT2D eigenvalue weighted by atomic mass is 16.1. The van der Waals surface area contributed by atoms with Crippen LogP contribution in [0.15, 0.2) is 24.3 Å². The number of nitrogens with one attached hydrogen (secondary N) is 1. The first kappa shape index (κ1) is 12.5. The number of rotatable bonds is 5. The zero-order valence-corrected chi connectivity index (χ0v) is 9.86. The van der Waals surface area contributed by atoms with E-state index in [1.54, 1.807) is 0 Å². The van der Waals surface area contributed by atoms with E-state index in [0.29, 0.717) is 18.7 Å². The molecular formula is C12H19N3O. The Morgan fingerprint density at radius 1 is 1.38 bits per heavy atom. The van der Waals surface area contributed by atoms with Gasteiger partial charge in [0.25, 0.3) is 0 Å². The first-order chi connectivity index (χ1) is 7.59. The molecule has 0 unspecified atom stereocenters. The lowest BCUT2D eigenvalue weighted by atomic mass is 10.1. The second kappa shape index (κ2) is 6.12. The zero-order chi connectivity index (χ0) is 12.0. The number of amides is 1. The van der Waals surface area contributed by atoms with Crippen LogP contribution in [0, 0.1) is 0 Å². The van der Waals surface area contributed by atoms with E-state index in [-0.39, 0.29) is 5.91 Å². The summed E-state index contributed by atoms with van der Waals surface area (Å²) >= 11 is 0. The minimum atomic E-state index is 0.0137. The van der Waals surface area contributed by atoms with Gasteiger partial charge in [0.2, 0.25) is 5.91 Å². The van der Waals surface area contributed by atoms with Crippen molar-refractivity contribution in [1.29, 1.82) is 0 Å². The van der Waals surface area contributed by atoms with Crippen LogP contribution in [0.3, 0.4) is 0 Å². The van der Waals surface area contributed by atoms with Crippen LogP contribution < -0.4 is 11.1 Å². The summed E-state index contributed by atoms with van der Waals surface area (Å²) in [5, 5.41) is 2.85. The molecule has 0 atom stereocenters. The van der Waals surface area contributed by atoms with Crippen LogP contribution in [0.1, 0.15) is 5.56 Å². The Labute approximate surface area is 96.4 Å². The molecule has 0 spiro atoms. The molecule has 0 aromatic heterocycles. The Hall–Kier alpha value is -1.55. The van der Waals surface area contributed by atoms with E-state index in [9.17, 15) is 4.79 Å². The van der Waals surface area contributed by atoms with Crippen LogP contribution in [-0.2, 0) is 11.2 Å². The van der Waals surface area contributed by atoms with Crippen molar-refractivity contribution >= 4 is 11.6 Å². The van der Waals surface area contributed by atoms with E-state index < -0.39 is 0 Å². The maximum Gasteiger partial charge on any atom is 0.224 e. The summed E-state index contributed by atoms with van der Waals surface area (Å²) in [5.74, 6) is 0.0137. The first-order valence-corrected chi connectivity index (χ1v) is 5.34. The number of nitrogens with zero attached hydrogens (tertiary/aromatic N) is 1. The number of nitrogens with two attached hydrogens (primary N) is 1. The van der Waals surface area contributed by atoms with Gasteiger partial charge in [0.1, 0.15) is 0 Å². The van der Waals surface area contributed by atoms with E-state index >= 15 is 0 Å². The zero-order valence-electron chi connectivity index (χ0n) is 9.86. The van der Waals surface area contributed by atoms with Crippen molar-refractivity contribution in [2.45, 2.75) is 6.42 Å². The number of para-hydroxylation sites is 1. The molecule has 0 saturated carbocycles. The molecule has 0 aliphatic rings. The van der Waals surface area contributed by atoms with Crippen LogP contribution in [0.5, 0.6) is 0 Å². The fraction of sp³-hybridized carbons (Fsp3) is 0.417. The van der Waals surface area contributed by atoms with E-state index in [1.807, 2.05) is 43.3 Å². The van der Waals surface area contributed by atoms with Gasteiger partial charge in [-0.1, -0.05) is 18.2 Å². The van der Waals surface area contributed by atoms with Crippen molar-refractivity contribution in [3.8, 4) is 0 Å². The summed E-state index contributed by atoms with van der Waals surface area (Å²) in [6.07, 6.45) is 0.347. The molecule has 4 nitrogen and oxygen atoms in total. The number of hydrogen-bond donors (Lipinski definition) is 2. The highest BCUT2D eigenvalue weighted by Crippen LogP contribution is 2.10. The monoisotopic (exact) mass is 221 g/mol. The molecule has 4 heteroatoms. The molecule has 1 aromatic carbocycles. The van der Waals surface area contributed by atoms with Gasteiger partial charge in [-0.25, -0.2) is 0 Å². The molecule has 0 aliphatic heterocycles. The molecular weight excluding hydrogens is 202 g/mol. The van der Waals surface area contributed by atoms with Gasteiger partial charge in [-0.15, -0.1) is 0 Å². The molecule has 88 valence electrons. The van der Waals surface area contributed by atoms with Crippen molar-refractivity contribution in [3.05, 3.63) is 29.8 Å². The van der Waals surface area contributed by atoms with Gasteiger partial charge >= 0.3 is 0 Å². The molecule has 0 heterocycles. The van der Waals surface area contributed by atoms with Gasteiger partial charge < -0.3 is 16.0 Å². The highest BCUT2D eigenvalue weighted by molar-refractivity contribution is 5.80. The lowest BCUT2D eigenvalue weighted by molar-refractivity contribution is -0.120. The largest absolute Gasteiger partial charge is 0.398 e. The Morgan fingerprint density at radius 3 is 2.69 bits per heavy atom. The Balaban J connectivity index is 2.37. The summed E-state index contributed by atoms with van der Waals surface area (Å²) in [5.41, 5.74) is 7.31. The summed E-state index contributed by atoms with van der Waals surface area (Å²) < 4.78 is 0. The van der Waals surface area contributed by atoms with E-state index in [0.717, 1.165) is 12.1 Å². The molecule has 1 amide bonds. The van der Waals surface area contributed by atoms with E-state index in [4.69, 9.17) is 5.73 Å². The molecule has 1 rings (SSSR count). The Kier molecular flexibility index (Phi) is 4.79. The smallest absolute Gasteiger partial charge is 0.224 e. The quantitative estimate of drug-likeness (QED) is 0.711. The maximum absolute atomic E-state index is 11.6. The summed E-state index contributed by atoms with van der Waals surface area (Å²) in [4.78, 5) is 13.6. The minimum absolute atomic E-state index is 0.0137. The fourth-order valence-electron chi connectivity index (χ4n) is 1.35. The third-order valence-corrected chi connectivity index (χ3v) is 2.29. The molecule has 0 aliphatic carbocycles. The van der Waals surface area contributed by atoms with Crippen LogP contribution >= 0.6 is 0 Å².